The van der Waals surface area contributed by atoms with Gasteiger partial charge in [0.2, 0.25) is 5.95 Å². The molecule has 2 aliphatic rings. The van der Waals surface area contributed by atoms with Crippen molar-refractivity contribution in [2.75, 3.05) is 34.8 Å². The second-order valence-electron chi connectivity index (χ2n) is 8.82. The number of nitrogens with one attached hydrogen (secondary N) is 2. The second-order valence-corrected chi connectivity index (χ2v) is 9.23. The van der Waals surface area contributed by atoms with Gasteiger partial charge in [-0.15, -0.1) is 0 Å². The first-order chi connectivity index (χ1) is 12.8. The van der Waals surface area contributed by atoms with Crippen molar-refractivity contribution >= 4 is 34.9 Å². The SMILES string of the molecule is CC1CCCCN1c1cc(N2CCCCC2)nc(NC(=S)NC(C)(C)C)n1. The van der Waals surface area contributed by atoms with E-state index in [0.717, 1.165) is 31.3 Å². The minimum atomic E-state index is -0.0984. The number of aromatic nitrogens is 2. The van der Waals surface area contributed by atoms with Crippen LogP contribution in [0.4, 0.5) is 17.6 Å². The summed E-state index contributed by atoms with van der Waals surface area (Å²) in [4.78, 5) is 14.4. The lowest BCUT2D eigenvalue weighted by Crippen LogP contribution is -2.43. The normalized spacial score (nSPS) is 21.1. The van der Waals surface area contributed by atoms with E-state index in [1.54, 1.807) is 0 Å². The summed E-state index contributed by atoms with van der Waals surface area (Å²) in [6.45, 7) is 11.8. The summed E-state index contributed by atoms with van der Waals surface area (Å²) < 4.78 is 0. The van der Waals surface area contributed by atoms with Gasteiger partial charge in [0.1, 0.15) is 11.6 Å². The molecule has 0 bridgehead atoms. The van der Waals surface area contributed by atoms with Crippen LogP contribution in [0.15, 0.2) is 6.07 Å². The van der Waals surface area contributed by atoms with E-state index in [1.165, 1.54) is 38.5 Å². The molecule has 1 aromatic heterocycles. The zero-order chi connectivity index (χ0) is 19.4. The Morgan fingerprint density at radius 3 is 2.37 bits per heavy atom. The first-order valence-electron chi connectivity index (χ1n) is 10.3. The average molecular weight is 391 g/mol. The standard InChI is InChI=1S/C20H34N6S/c1-15-10-6-9-13-26(15)17-14-16(25-11-7-5-8-12-25)21-18(22-17)23-19(27)24-20(2,3)4/h14-15H,5-13H2,1-4H3,(H2,21,22,23,24,27). The number of hydrogen-bond donors (Lipinski definition) is 2. The highest BCUT2D eigenvalue weighted by molar-refractivity contribution is 7.80. The summed E-state index contributed by atoms with van der Waals surface area (Å²) in [5.74, 6) is 2.62. The first-order valence-corrected chi connectivity index (χ1v) is 10.7. The topological polar surface area (TPSA) is 56.3 Å². The van der Waals surface area contributed by atoms with Gasteiger partial charge < -0.3 is 20.4 Å². The number of nitrogens with zero attached hydrogens (tertiary/aromatic N) is 4. The Bertz CT molecular complexity index is 650. The molecule has 0 aliphatic carbocycles. The zero-order valence-electron chi connectivity index (χ0n) is 17.2. The summed E-state index contributed by atoms with van der Waals surface area (Å²) in [6.07, 6.45) is 7.50. The van der Waals surface area contributed by atoms with E-state index in [0.29, 0.717) is 17.1 Å². The van der Waals surface area contributed by atoms with Crippen molar-refractivity contribution in [1.29, 1.82) is 0 Å². The van der Waals surface area contributed by atoms with Gasteiger partial charge in [0.15, 0.2) is 5.11 Å². The average Bonchev–Trinajstić information content (AvgIpc) is 2.61. The van der Waals surface area contributed by atoms with E-state index in [-0.39, 0.29) is 5.54 Å². The summed E-state index contributed by atoms with van der Waals surface area (Å²) in [5, 5.41) is 7.07. The first kappa shape index (κ1) is 20.1. The van der Waals surface area contributed by atoms with Crippen molar-refractivity contribution in [2.24, 2.45) is 0 Å². The third-order valence-corrected chi connectivity index (χ3v) is 5.39. The Labute approximate surface area is 169 Å². The molecule has 150 valence electrons. The van der Waals surface area contributed by atoms with Crippen molar-refractivity contribution in [3.05, 3.63) is 6.07 Å². The lowest BCUT2D eigenvalue weighted by Gasteiger charge is -2.35. The quantitative estimate of drug-likeness (QED) is 0.758. The predicted molar refractivity (Wildman–Crippen MR) is 118 cm³/mol. The molecule has 0 radical (unpaired) electrons. The summed E-state index contributed by atoms with van der Waals surface area (Å²) in [7, 11) is 0. The summed E-state index contributed by atoms with van der Waals surface area (Å²) in [5.41, 5.74) is -0.0984. The van der Waals surface area contributed by atoms with Gasteiger partial charge in [-0.05, 0) is 78.4 Å². The van der Waals surface area contributed by atoms with E-state index >= 15 is 0 Å². The van der Waals surface area contributed by atoms with Gasteiger partial charge in [0, 0.05) is 37.3 Å². The number of piperidine rings is 2. The molecular weight excluding hydrogens is 356 g/mol. The van der Waals surface area contributed by atoms with E-state index in [2.05, 4.69) is 54.2 Å². The molecule has 6 nitrogen and oxygen atoms in total. The van der Waals surface area contributed by atoms with Crippen LogP contribution >= 0.6 is 12.2 Å². The Morgan fingerprint density at radius 1 is 1.04 bits per heavy atom. The van der Waals surface area contributed by atoms with Crippen LogP contribution in [-0.2, 0) is 0 Å². The predicted octanol–water partition coefficient (Wildman–Crippen LogP) is 3.93. The number of thiocarbonyl (C=S) groups is 1. The van der Waals surface area contributed by atoms with E-state index in [9.17, 15) is 0 Å². The maximum atomic E-state index is 5.48. The Morgan fingerprint density at radius 2 is 1.70 bits per heavy atom. The highest BCUT2D eigenvalue weighted by Gasteiger charge is 2.23. The van der Waals surface area contributed by atoms with Gasteiger partial charge >= 0.3 is 0 Å². The number of hydrogen-bond acceptors (Lipinski definition) is 5. The van der Waals surface area contributed by atoms with Gasteiger partial charge in [-0.2, -0.15) is 9.97 Å². The van der Waals surface area contributed by atoms with Crippen LogP contribution in [0.25, 0.3) is 0 Å². The van der Waals surface area contributed by atoms with Crippen LogP contribution in [0.2, 0.25) is 0 Å². The van der Waals surface area contributed by atoms with Crippen molar-refractivity contribution in [1.82, 2.24) is 15.3 Å². The minimum Gasteiger partial charge on any atom is -0.358 e. The van der Waals surface area contributed by atoms with Gasteiger partial charge in [-0.25, -0.2) is 0 Å². The molecule has 1 atom stereocenters. The highest BCUT2D eigenvalue weighted by atomic mass is 32.1. The molecule has 1 aromatic rings. The number of anilines is 3. The lowest BCUT2D eigenvalue weighted by molar-refractivity contribution is 0.481. The fraction of sp³-hybridized carbons (Fsp3) is 0.750. The molecule has 7 heteroatoms. The van der Waals surface area contributed by atoms with E-state index in [4.69, 9.17) is 22.2 Å². The zero-order valence-corrected chi connectivity index (χ0v) is 18.0. The van der Waals surface area contributed by atoms with Gasteiger partial charge in [-0.3, -0.25) is 0 Å². The maximum absolute atomic E-state index is 5.48. The molecule has 2 fully saturated rings. The molecule has 2 aliphatic heterocycles. The molecule has 1 unspecified atom stereocenters. The van der Waals surface area contributed by atoms with Crippen molar-refractivity contribution in [3.8, 4) is 0 Å². The van der Waals surface area contributed by atoms with Crippen LogP contribution in [0, 0.1) is 0 Å². The second kappa shape index (κ2) is 8.59. The highest BCUT2D eigenvalue weighted by Crippen LogP contribution is 2.28. The molecule has 2 saturated heterocycles. The fourth-order valence-electron chi connectivity index (χ4n) is 3.82. The lowest BCUT2D eigenvalue weighted by atomic mass is 10.0. The van der Waals surface area contributed by atoms with Crippen molar-refractivity contribution in [3.63, 3.8) is 0 Å². The monoisotopic (exact) mass is 390 g/mol. The van der Waals surface area contributed by atoms with Crippen LogP contribution in [0.1, 0.15) is 66.2 Å². The van der Waals surface area contributed by atoms with Crippen LogP contribution in [0.3, 0.4) is 0 Å². The summed E-state index contributed by atoms with van der Waals surface area (Å²) >= 11 is 5.48. The fourth-order valence-corrected chi connectivity index (χ4v) is 4.22. The van der Waals surface area contributed by atoms with E-state index in [1.807, 2.05) is 0 Å². The minimum absolute atomic E-state index is 0.0984. The number of rotatable bonds is 3. The van der Waals surface area contributed by atoms with Gasteiger partial charge in [0.25, 0.3) is 0 Å². The van der Waals surface area contributed by atoms with Crippen molar-refractivity contribution < 1.29 is 0 Å². The van der Waals surface area contributed by atoms with Crippen LogP contribution < -0.4 is 20.4 Å². The van der Waals surface area contributed by atoms with E-state index < -0.39 is 0 Å². The largest absolute Gasteiger partial charge is 0.358 e. The smallest absolute Gasteiger partial charge is 0.232 e. The Balaban J connectivity index is 1.86. The molecule has 0 saturated carbocycles. The molecule has 0 spiro atoms. The molecule has 3 rings (SSSR count). The molecule has 0 amide bonds. The molecule has 27 heavy (non-hydrogen) atoms. The third-order valence-electron chi connectivity index (χ3n) is 5.19. The summed E-state index contributed by atoms with van der Waals surface area (Å²) in [6, 6.07) is 2.67. The Hall–Kier alpha value is -1.63. The van der Waals surface area contributed by atoms with Gasteiger partial charge in [-0.1, -0.05) is 0 Å². The van der Waals surface area contributed by atoms with Gasteiger partial charge in [0.05, 0.1) is 0 Å². The maximum Gasteiger partial charge on any atom is 0.232 e. The van der Waals surface area contributed by atoms with Crippen LogP contribution in [-0.4, -0.2) is 46.3 Å². The molecule has 2 N–H and O–H groups in total. The molecular formula is C20H34N6S. The molecule has 0 aromatic carbocycles. The Kier molecular flexibility index (Phi) is 6.40. The molecule has 3 heterocycles. The van der Waals surface area contributed by atoms with Crippen molar-refractivity contribution in [2.45, 2.75) is 77.8 Å². The van der Waals surface area contributed by atoms with Crippen LogP contribution in [0.5, 0.6) is 0 Å². The third kappa shape index (κ3) is 5.67.